The van der Waals surface area contributed by atoms with Crippen molar-refractivity contribution in [2.75, 3.05) is 4.90 Å². The quantitative estimate of drug-likeness (QED) is 0.287. The van der Waals surface area contributed by atoms with Crippen molar-refractivity contribution >= 4 is 27.8 Å². The maximum absolute atomic E-state index is 4.42. The van der Waals surface area contributed by atoms with Crippen molar-refractivity contribution in [1.29, 1.82) is 0 Å². The number of aryl methyl sites for hydroxylation is 1. The van der Waals surface area contributed by atoms with Gasteiger partial charge in [0.05, 0.1) is 12.2 Å². The number of halogens is 1. The molecule has 0 aliphatic rings. The zero-order valence-electron chi connectivity index (χ0n) is 17.6. The highest BCUT2D eigenvalue weighted by molar-refractivity contribution is 7.12. The van der Waals surface area contributed by atoms with Crippen LogP contribution in [0.25, 0.3) is 0 Å². The smallest absolute Gasteiger partial charge is 0.408 e. The summed E-state index contributed by atoms with van der Waals surface area (Å²) in [6, 6.07) is 29.5. The molecule has 0 unspecified atom stereocenters. The number of anilines is 1. The van der Waals surface area contributed by atoms with E-state index in [1.807, 2.05) is 23.7 Å². The summed E-state index contributed by atoms with van der Waals surface area (Å²) in [5, 5.41) is 11.8. The van der Waals surface area contributed by atoms with Gasteiger partial charge in [0.15, 0.2) is 0 Å². The molecule has 0 atom stereocenters. The van der Waals surface area contributed by atoms with Crippen LogP contribution < -0.4 is 26.4 Å². The number of hydrogen-bond donors (Lipinski definition) is 0. The number of benzene rings is 3. The Labute approximate surface area is 198 Å². The first-order valence-electron chi connectivity index (χ1n) is 9.98. The molecule has 31 heavy (non-hydrogen) atoms. The molecule has 0 bridgehead atoms. The molecule has 158 valence electrons. The van der Waals surface area contributed by atoms with E-state index in [1.54, 1.807) is 11.3 Å². The summed E-state index contributed by atoms with van der Waals surface area (Å²) in [6.45, 7) is 3.76. The molecule has 4 rings (SSSR count). The van der Waals surface area contributed by atoms with Crippen molar-refractivity contribution < 1.29 is 21.5 Å². The van der Waals surface area contributed by atoms with Gasteiger partial charge in [-0.15, -0.1) is 0 Å². The standard InChI is InChI=1S/C25H25N4S.BrH/c1-20-19-30-25(28(20)2)27-26-23-13-15-24(16-14-23)29(17-21-9-5-3-6-10-21)18-22-11-7-4-8-12-22;/h3-16,19H,17-18H2,1-2H3;1H/q+1;/p-1. The Hall–Kier alpha value is -2.83. The molecule has 4 aromatic rings. The molecule has 0 saturated carbocycles. The summed E-state index contributed by atoms with van der Waals surface area (Å²) in [4.78, 5) is 2.38. The maximum atomic E-state index is 4.42. The molecule has 0 aliphatic carbocycles. The number of hydrogen-bond acceptors (Lipinski definition) is 4. The molecule has 1 aromatic heterocycles. The van der Waals surface area contributed by atoms with E-state index in [2.05, 4.69) is 100 Å². The molecule has 0 spiro atoms. The molecular formula is C25H25BrN4S. The van der Waals surface area contributed by atoms with Crippen molar-refractivity contribution in [2.24, 2.45) is 17.3 Å². The fourth-order valence-corrected chi connectivity index (χ4v) is 4.04. The topological polar surface area (TPSA) is 31.8 Å². The number of rotatable bonds is 7. The Morgan fingerprint density at radius 1 is 0.774 bits per heavy atom. The van der Waals surface area contributed by atoms with Gasteiger partial charge in [0.2, 0.25) is 0 Å². The summed E-state index contributed by atoms with van der Waals surface area (Å²) in [5.74, 6) is 0. The Balaban J connectivity index is 0.00000272. The summed E-state index contributed by atoms with van der Waals surface area (Å²) < 4.78 is 2.05. The van der Waals surface area contributed by atoms with Crippen LogP contribution >= 0.6 is 11.3 Å². The van der Waals surface area contributed by atoms with Crippen LogP contribution in [0.3, 0.4) is 0 Å². The lowest BCUT2D eigenvalue weighted by atomic mass is 10.1. The molecule has 1 heterocycles. The van der Waals surface area contributed by atoms with Gasteiger partial charge in [-0.25, -0.2) is 4.57 Å². The van der Waals surface area contributed by atoms with Crippen LogP contribution in [0.4, 0.5) is 16.5 Å². The van der Waals surface area contributed by atoms with Crippen molar-refractivity contribution in [3.63, 3.8) is 0 Å². The van der Waals surface area contributed by atoms with Gasteiger partial charge in [-0.1, -0.05) is 60.7 Å². The van der Waals surface area contributed by atoms with Gasteiger partial charge < -0.3 is 21.9 Å². The van der Waals surface area contributed by atoms with E-state index in [0.29, 0.717) is 0 Å². The maximum Gasteiger partial charge on any atom is 0.408 e. The van der Waals surface area contributed by atoms with E-state index in [0.717, 1.165) is 23.9 Å². The molecule has 0 radical (unpaired) electrons. The number of azo groups is 1. The van der Waals surface area contributed by atoms with Crippen molar-refractivity contribution in [1.82, 2.24) is 0 Å². The minimum absolute atomic E-state index is 0. The summed E-state index contributed by atoms with van der Waals surface area (Å²) in [6.07, 6.45) is 0. The molecule has 0 aliphatic heterocycles. The highest BCUT2D eigenvalue weighted by Crippen LogP contribution is 2.25. The summed E-state index contributed by atoms with van der Waals surface area (Å²) >= 11 is 1.60. The van der Waals surface area contributed by atoms with Crippen molar-refractivity contribution in [3.8, 4) is 0 Å². The summed E-state index contributed by atoms with van der Waals surface area (Å²) in [5.41, 5.74) is 5.78. The molecule has 0 N–H and O–H groups in total. The Morgan fingerprint density at radius 3 is 1.81 bits per heavy atom. The fraction of sp³-hybridized carbons (Fsp3) is 0.160. The second-order valence-corrected chi connectivity index (χ2v) is 8.10. The van der Waals surface area contributed by atoms with Crippen LogP contribution in [0.1, 0.15) is 16.8 Å². The second-order valence-electron chi connectivity index (χ2n) is 7.26. The third-order valence-corrected chi connectivity index (χ3v) is 6.07. The van der Waals surface area contributed by atoms with E-state index < -0.39 is 0 Å². The van der Waals surface area contributed by atoms with Gasteiger partial charge >= 0.3 is 5.13 Å². The van der Waals surface area contributed by atoms with Gasteiger partial charge in [0.25, 0.3) is 0 Å². The van der Waals surface area contributed by atoms with E-state index in [4.69, 9.17) is 0 Å². The average Bonchev–Trinajstić information content (AvgIpc) is 3.11. The lowest BCUT2D eigenvalue weighted by molar-refractivity contribution is -0.660. The van der Waals surface area contributed by atoms with Crippen LogP contribution in [0.15, 0.2) is 101 Å². The van der Waals surface area contributed by atoms with Gasteiger partial charge in [-0.05, 0) is 58.8 Å². The summed E-state index contributed by atoms with van der Waals surface area (Å²) in [7, 11) is 2.01. The first-order valence-corrected chi connectivity index (χ1v) is 10.9. The minimum Gasteiger partial charge on any atom is -1.00 e. The predicted octanol–water partition coefficient (Wildman–Crippen LogP) is 3.51. The molecule has 0 amide bonds. The first kappa shape index (κ1) is 22.8. The SMILES string of the molecule is Cc1csc(/N=N/c2ccc(N(Cc3ccccc3)Cc3ccccc3)cc2)[n+]1C.[Br-]. The normalized spacial score (nSPS) is 10.8. The number of thiazole rings is 1. The van der Waals surface area contributed by atoms with Gasteiger partial charge in [0, 0.05) is 24.2 Å². The van der Waals surface area contributed by atoms with Crippen LogP contribution in [0.2, 0.25) is 0 Å². The van der Waals surface area contributed by atoms with Gasteiger partial charge in [-0.2, -0.15) is 0 Å². The monoisotopic (exact) mass is 492 g/mol. The van der Waals surface area contributed by atoms with Crippen molar-refractivity contribution in [2.45, 2.75) is 20.0 Å². The third-order valence-electron chi connectivity index (χ3n) is 5.05. The largest absolute Gasteiger partial charge is 1.00 e. The molecule has 0 fully saturated rings. The Morgan fingerprint density at radius 2 is 1.32 bits per heavy atom. The third kappa shape index (κ3) is 6.09. The lowest BCUT2D eigenvalue weighted by Gasteiger charge is -2.25. The Kier molecular flexibility index (Phi) is 8.09. The van der Waals surface area contributed by atoms with Crippen LogP contribution in [-0.4, -0.2) is 0 Å². The number of aromatic nitrogens is 1. The van der Waals surface area contributed by atoms with E-state index in [-0.39, 0.29) is 17.0 Å². The molecule has 0 saturated heterocycles. The number of nitrogens with zero attached hydrogens (tertiary/aromatic N) is 4. The van der Waals surface area contributed by atoms with E-state index in [1.165, 1.54) is 22.5 Å². The fourth-order valence-electron chi connectivity index (χ4n) is 3.21. The molecule has 6 heteroatoms. The van der Waals surface area contributed by atoms with Crippen LogP contribution in [-0.2, 0) is 20.1 Å². The average molecular weight is 493 g/mol. The highest BCUT2D eigenvalue weighted by atomic mass is 79.9. The highest BCUT2D eigenvalue weighted by Gasteiger charge is 2.12. The van der Waals surface area contributed by atoms with E-state index >= 15 is 0 Å². The first-order chi connectivity index (χ1) is 14.7. The van der Waals surface area contributed by atoms with Crippen molar-refractivity contribution in [3.05, 3.63) is 107 Å². The van der Waals surface area contributed by atoms with Crippen LogP contribution in [0.5, 0.6) is 0 Å². The Bertz CT molecular complexity index is 1070. The van der Waals surface area contributed by atoms with Gasteiger partial charge in [-0.3, -0.25) is 0 Å². The zero-order valence-corrected chi connectivity index (χ0v) is 20.1. The van der Waals surface area contributed by atoms with E-state index in [9.17, 15) is 0 Å². The molecule has 4 nitrogen and oxygen atoms in total. The second kappa shape index (κ2) is 11.0. The minimum atomic E-state index is 0. The molecular weight excluding hydrogens is 468 g/mol. The molecule has 3 aromatic carbocycles. The lowest BCUT2D eigenvalue weighted by Crippen LogP contribution is -3.00. The predicted molar refractivity (Wildman–Crippen MR) is 124 cm³/mol. The van der Waals surface area contributed by atoms with Gasteiger partial charge in [0.1, 0.15) is 11.4 Å². The zero-order chi connectivity index (χ0) is 20.8. The van der Waals surface area contributed by atoms with Crippen LogP contribution in [0, 0.1) is 6.92 Å².